The van der Waals surface area contributed by atoms with Crippen molar-refractivity contribution in [3.63, 3.8) is 0 Å². The number of carboxylic acids is 1. The van der Waals surface area contributed by atoms with E-state index in [1.54, 1.807) is 6.08 Å². The third-order valence-electron chi connectivity index (χ3n) is 4.11. The zero-order valence-corrected chi connectivity index (χ0v) is 14.6. The fourth-order valence-corrected chi connectivity index (χ4v) is 2.74. The molecule has 0 aliphatic heterocycles. The summed E-state index contributed by atoms with van der Waals surface area (Å²) >= 11 is 0. The van der Waals surface area contributed by atoms with Gasteiger partial charge in [-0.25, -0.2) is 4.79 Å². The molecule has 28 heavy (non-hydrogen) atoms. The zero-order valence-electron chi connectivity index (χ0n) is 14.6. The van der Waals surface area contributed by atoms with E-state index in [-0.39, 0.29) is 0 Å². The highest BCUT2D eigenvalue weighted by molar-refractivity contribution is 5.84. The Balaban J connectivity index is 1.99. The van der Waals surface area contributed by atoms with Crippen LogP contribution in [0.3, 0.4) is 0 Å². The average molecular weight is 383 g/mol. The number of alkyl halides is 3. The normalized spacial score (nSPS) is 12.5. The van der Waals surface area contributed by atoms with Crippen molar-refractivity contribution >= 4 is 11.5 Å². The molecule has 0 saturated carbocycles. The molecule has 0 spiro atoms. The quantitative estimate of drug-likeness (QED) is 0.462. The van der Waals surface area contributed by atoms with Crippen LogP contribution < -0.4 is 0 Å². The van der Waals surface area contributed by atoms with E-state index in [1.165, 1.54) is 18.2 Å². The van der Waals surface area contributed by atoms with Gasteiger partial charge in [-0.2, -0.15) is 13.2 Å². The monoisotopic (exact) mass is 383 g/mol. The van der Waals surface area contributed by atoms with Gasteiger partial charge in [-0.05, 0) is 53.1 Å². The van der Waals surface area contributed by atoms with Crippen LogP contribution in [0.5, 0.6) is 0 Å². The second kappa shape index (κ2) is 8.00. The summed E-state index contributed by atoms with van der Waals surface area (Å²) in [5.41, 5.74) is 2.12. The van der Waals surface area contributed by atoms with E-state index in [1.807, 2.05) is 53.4 Å². The van der Waals surface area contributed by atoms with Crippen LogP contribution in [0.4, 0.5) is 13.2 Å². The molecule has 0 atom stereocenters. The Kier molecular flexibility index (Phi) is 5.49. The van der Waals surface area contributed by atoms with Crippen molar-refractivity contribution in [3.05, 3.63) is 108 Å². The van der Waals surface area contributed by atoms with Crippen molar-refractivity contribution in [1.29, 1.82) is 0 Å². The third kappa shape index (κ3) is 4.59. The summed E-state index contributed by atoms with van der Waals surface area (Å²) in [7, 11) is 0. The highest BCUT2D eigenvalue weighted by atomic mass is 19.4. The Morgan fingerprint density at radius 3 is 1.93 bits per heavy atom. The number of halogens is 3. The van der Waals surface area contributed by atoms with Crippen LogP contribution in [0.2, 0.25) is 0 Å². The van der Waals surface area contributed by atoms with E-state index in [2.05, 4.69) is 0 Å². The molecule has 2 aromatic carbocycles. The number of aromatic nitrogens is 1. The van der Waals surface area contributed by atoms with Gasteiger partial charge in [0.05, 0.1) is 5.56 Å². The maximum absolute atomic E-state index is 12.8. The number of hydrogen-bond acceptors (Lipinski definition) is 1. The smallest absolute Gasteiger partial charge is 0.416 e. The number of benzene rings is 2. The first kappa shape index (κ1) is 19.2. The highest BCUT2D eigenvalue weighted by Gasteiger charge is 2.30. The first-order chi connectivity index (χ1) is 13.3. The van der Waals surface area contributed by atoms with E-state index in [0.29, 0.717) is 11.1 Å². The fraction of sp³-hybridized carbons (Fsp3) is 0.0455. The molecule has 0 aliphatic rings. The van der Waals surface area contributed by atoms with E-state index in [9.17, 15) is 18.0 Å². The third-order valence-corrected chi connectivity index (χ3v) is 4.11. The van der Waals surface area contributed by atoms with Crippen LogP contribution in [0.25, 0.3) is 11.3 Å². The highest BCUT2D eigenvalue weighted by Crippen LogP contribution is 2.31. The molecule has 0 fully saturated rings. The van der Waals surface area contributed by atoms with Gasteiger partial charge in [-0.3, -0.25) is 0 Å². The van der Waals surface area contributed by atoms with Crippen molar-refractivity contribution in [2.45, 2.75) is 6.18 Å². The van der Waals surface area contributed by atoms with E-state index in [0.717, 1.165) is 29.5 Å². The summed E-state index contributed by atoms with van der Waals surface area (Å²) in [4.78, 5) is 10.7. The predicted molar refractivity (Wildman–Crippen MR) is 101 cm³/mol. The minimum Gasteiger partial charge on any atom is -0.478 e. The van der Waals surface area contributed by atoms with Gasteiger partial charge in [0.25, 0.3) is 0 Å². The van der Waals surface area contributed by atoms with Crippen molar-refractivity contribution in [3.8, 4) is 5.69 Å². The second-order valence-electron chi connectivity index (χ2n) is 5.99. The zero-order chi connectivity index (χ0) is 20.1. The van der Waals surface area contributed by atoms with Gasteiger partial charge < -0.3 is 9.67 Å². The topological polar surface area (TPSA) is 42.2 Å². The Hall–Kier alpha value is -3.54. The summed E-state index contributed by atoms with van der Waals surface area (Å²) in [6, 6.07) is 16.0. The summed E-state index contributed by atoms with van der Waals surface area (Å²) in [5, 5.41) is 8.79. The average Bonchev–Trinajstić information content (AvgIpc) is 3.19. The first-order valence-corrected chi connectivity index (χ1v) is 8.37. The van der Waals surface area contributed by atoms with E-state index in [4.69, 9.17) is 5.11 Å². The molecule has 3 nitrogen and oxygen atoms in total. The fourth-order valence-electron chi connectivity index (χ4n) is 2.74. The van der Waals surface area contributed by atoms with Gasteiger partial charge in [0.1, 0.15) is 0 Å². The molecule has 3 aromatic rings. The molecule has 0 bridgehead atoms. The molecule has 1 aromatic heterocycles. The number of aliphatic carboxylic acids is 1. The van der Waals surface area contributed by atoms with Crippen LogP contribution in [-0.2, 0) is 11.0 Å². The SMILES string of the molecule is O=C(O)/C=C/C=C(\c1ccc(-n2cccc2)cc1)c1ccc(C(F)(F)F)cc1. The van der Waals surface area contributed by atoms with Gasteiger partial charge in [-0.1, -0.05) is 36.4 Å². The number of carboxylic acid groups (broad SMARTS) is 1. The summed E-state index contributed by atoms with van der Waals surface area (Å²) in [6.45, 7) is 0. The minimum atomic E-state index is -4.41. The molecule has 3 rings (SSSR count). The van der Waals surface area contributed by atoms with E-state index < -0.39 is 17.7 Å². The minimum absolute atomic E-state index is 0.553. The second-order valence-corrected chi connectivity index (χ2v) is 5.99. The number of rotatable bonds is 5. The molecule has 6 heteroatoms. The van der Waals surface area contributed by atoms with Crippen molar-refractivity contribution in [1.82, 2.24) is 4.57 Å². The number of nitrogens with zero attached hydrogens (tertiary/aromatic N) is 1. The Morgan fingerprint density at radius 1 is 0.893 bits per heavy atom. The molecule has 0 radical (unpaired) electrons. The lowest BCUT2D eigenvalue weighted by atomic mass is 9.96. The standard InChI is InChI=1S/C22H16F3NO2/c23-22(24,25)18-10-6-16(7-11-18)20(4-3-5-21(27)28)17-8-12-19(13-9-17)26-14-1-2-15-26/h1-15H,(H,27,28)/b5-3+,20-4-. The largest absolute Gasteiger partial charge is 0.478 e. The lowest BCUT2D eigenvalue weighted by Crippen LogP contribution is -2.04. The number of hydrogen-bond donors (Lipinski definition) is 1. The Bertz CT molecular complexity index is 997. The summed E-state index contributed by atoms with van der Waals surface area (Å²) in [5.74, 6) is -1.11. The Labute approximate surface area is 159 Å². The summed E-state index contributed by atoms with van der Waals surface area (Å²) in [6.07, 6.45) is 3.29. The van der Waals surface area contributed by atoms with Crippen molar-refractivity contribution in [2.75, 3.05) is 0 Å². The lowest BCUT2D eigenvalue weighted by molar-refractivity contribution is -0.137. The first-order valence-electron chi connectivity index (χ1n) is 8.37. The van der Waals surface area contributed by atoms with Crippen LogP contribution in [0.15, 0.2) is 91.3 Å². The molecule has 0 saturated heterocycles. The predicted octanol–water partition coefficient (Wildman–Crippen LogP) is 5.57. The number of carbonyl (C=O) groups is 1. The Morgan fingerprint density at radius 2 is 1.43 bits per heavy atom. The van der Waals surface area contributed by atoms with E-state index >= 15 is 0 Å². The van der Waals surface area contributed by atoms with Gasteiger partial charge in [0.15, 0.2) is 0 Å². The molecular weight excluding hydrogens is 367 g/mol. The molecule has 1 heterocycles. The lowest BCUT2D eigenvalue weighted by Gasteiger charge is -2.12. The van der Waals surface area contributed by atoms with Crippen LogP contribution in [0.1, 0.15) is 16.7 Å². The van der Waals surface area contributed by atoms with Crippen LogP contribution in [0, 0.1) is 0 Å². The molecule has 142 valence electrons. The van der Waals surface area contributed by atoms with Crippen LogP contribution >= 0.6 is 0 Å². The summed E-state index contributed by atoms with van der Waals surface area (Å²) < 4.78 is 40.4. The molecule has 0 unspecified atom stereocenters. The maximum Gasteiger partial charge on any atom is 0.416 e. The molecule has 0 amide bonds. The van der Waals surface area contributed by atoms with Gasteiger partial charge in [-0.15, -0.1) is 0 Å². The van der Waals surface area contributed by atoms with Crippen molar-refractivity contribution in [2.24, 2.45) is 0 Å². The van der Waals surface area contributed by atoms with Gasteiger partial charge in [0.2, 0.25) is 0 Å². The van der Waals surface area contributed by atoms with Gasteiger partial charge in [0, 0.05) is 24.2 Å². The van der Waals surface area contributed by atoms with Crippen LogP contribution in [-0.4, -0.2) is 15.6 Å². The molecule has 0 aliphatic carbocycles. The number of allylic oxidation sites excluding steroid dienone is 2. The molecule has 1 N–H and O–H groups in total. The molecular formula is C22H16F3NO2. The maximum atomic E-state index is 12.8. The van der Waals surface area contributed by atoms with Gasteiger partial charge >= 0.3 is 12.1 Å². The van der Waals surface area contributed by atoms with Crippen molar-refractivity contribution < 1.29 is 23.1 Å².